The summed E-state index contributed by atoms with van der Waals surface area (Å²) in [6, 6.07) is 4.21. The van der Waals surface area contributed by atoms with E-state index in [1.54, 1.807) is 11.3 Å². The molecular formula is C14H23ClN2S. The number of nitrogens with two attached hydrogens (primary N) is 1. The number of piperidine rings is 1. The van der Waals surface area contributed by atoms with Crippen molar-refractivity contribution in [3.8, 4) is 0 Å². The molecule has 2 rings (SSSR count). The van der Waals surface area contributed by atoms with Gasteiger partial charge in [-0.15, -0.1) is 11.3 Å². The van der Waals surface area contributed by atoms with E-state index in [9.17, 15) is 0 Å². The van der Waals surface area contributed by atoms with Gasteiger partial charge in [-0.05, 0) is 58.3 Å². The number of halogens is 1. The first-order valence-electron chi connectivity index (χ1n) is 6.75. The molecule has 1 fully saturated rings. The van der Waals surface area contributed by atoms with Gasteiger partial charge in [0.2, 0.25) is 0 Å². The first-order chi connectivity index (χ1) is 8.50. The van der Waals surface area contributed by atoms with E-state index in [0.717, 1.165) is 10.8 Å². The highest BCUT2D eigenvalue weighted by molar-refractivity contribution is 7.16. The molecule has 2 heterocycles. The van der Waals surface area contributed by atoms with Crippen molar-refractivity contribution in [2.75, 3.05) is 13.1 Å². The minimum Gasteiger partial charge on any atom is -0.326 e. The van der Waals surface area contributed by atoms with Crippen LogP contribution in [0.25, 0.3) is 0 Å². The van der Waals surface area contributed by atoms with Crippen LogP contribution >= 0.6 is 22.9 Å². The predicted octanol–water partition coefficient (Wildman–Crippen LogP) is 3.54. The van der Waals surface area contributed by atoms with Gasteiger partial charge in [0.1, 0.15) is 0 Å². The summed E-state index contributed by atoms with van der Waals surface area (Å²) in [5.41, 5.74) is 6.51. The van der Waals surface area contributed by atoms with E-state index in [0.29, 0.717) is 0 Å². The SMILES string of the molecule is CC(C)(C(N)Cc1ccc(Cl)s1)N1CCCCC1. The van der Waals surface area contributed by atoms with Gasteiger partial charge in [0.05, 0.1) is 4.34 Å². The van der Waals surface area contributed by atoms with Crippen molar-refractivity contribution in [3.05, 3.63) is 21.3 Å². The molecule has 1 aromatic rings. The monoisotopic (exact) mass is 286 g/mol. The molecule has 2 N–H and O–H groups in total. The third-order valence-corrected chi connectivity index (χ3v) is 5.38. The van der Waals surface area contributed by atoms with Crippen LogP contribution in [0.2, 0.25) is 4.34 Å². The number of thiophene rings is 1. The summed E-state index contributed by atoms with van der Waals surface area (Å²) in [6.07, 6.45) is 4.89. The largest absolute Gasteiger partial charge is 0.326 e. The van der Waals surface area contributed by atoms with Crippen LogP contribution in [0.5, 0.6) is 0 Å². The molecule has 1 saturated heterocycles. The molecule has 1 unspecified atom stereocenters. The number of rotatable bonds is 4. The van der Waals surface area contributed by atoms with E-state index < -0.39 is 0 Å². The van der Waals surface area contributed by atoms with E-state index in [1.165, 1.54) is 37.2 Å². The Bertz CT molecular complexity index is 383. The van der Waals surface area contributed by atoms with Gasteiger partial charge in [-0.2, -0.15) is 0 Å². The molecule has 2 nitrogen and oxygen atoms in total. The van der Waals surface area contributed by atoms with Gasteiger partial charge in [-0.25, -0.2) is 0 Å². The maximum absolute atomic E-state index is 6.45. The van der Waals surface area contributed by atoms with Crippen LogP contribution in [0.15, 0.2) is 12.1 Å². The lowest BCUT2D eigenvalue weighted by Gasteiger charge is -2.44. The molecule has 0 bridgehead atoms. The average Bonchev–Trinajstić information content (AvgIpc) is 2.76. The zero-order chi connectivity index (χ0) is 13.2. The zero-order valence-electron chi connectivity index (χ0n) is 11.3. The summed E-state index contributed by atoms with van der Waals surface area (Å²) < 4.78 is 0.855. The van der Waals surface area contributed by atoms with E-state index in [4.69, 9.17) is 17.3 Å². The molecule has 1 aliphatic heterocycles. The van der Waals surface area contributed by atoms with Crippen molar-refractivity contribution >= 4 is 22.9 Å². The molecule has 0 spiro atoms. The van der Waals surface area contributed by atoms with Crippen LogP contribution in [0, 0.1) is 0 Å². The fourth-order valence-electron chi connectivity index (χ4n) is 2.63. The Labute approximate surface area is 119 Å². The van der Waals surface area contributed by atoms with Gasteiger partial charge < -0.3 is 5.73 Å². The van der Waals surface area contributed by atoms with Gasteiger partial charge in [-0.3, -0.25) is 4.90 Å². The quantitative estimate of drug-likeness (QED) is 0.917. The Balaban J connectivity index is 1.99. The molecule has 1 atom stereocenters. The van der Waals surface area contributed by atoms with Crippen LogP contribution in [0.3, 0.4) is 0 Å². The molecule has 18 heavy (non-hydrogen) atoms. The maximum Gasteiger partial charge on any atom is 0.0931 e. The predicted molar refractivity (Wildman–Crippen MR) is 80.5 cm³/mol. The van der Waals surface area contributed by atoms with Gasteiger partial charge in [0, 0.05) is 16.5 Å². The van der Waals surface area contributed by atoms with E-state index >= 15 is 0 Å². The fourth-order valence-corrected chi connectivity index (χ4v) is 3.78. The first kappa shape index (κ1) is 14.3. The molecule has 0 aromatic carbocycles. The average molecular weight is 287 g/mol. The van der Waals surface area contributed by atoms with Gasteiger partial charge in [-0.1, -0.05) is 18.0 Å². The summed E-state index contributed by atoms with van der Waals surface area (Å²) in [6.45, 7) is 6.92. The fraction of sp³-hybridized carbons (Fsp3) is 0.714. The Morgan fingerprint density at radius 2 is 2.00 bits per heavy atom. The van der Waals surface area contributed by atoms with Gasteiger partial charge in [0.25, 0.3) is 0 Å². The Hall–Kier alpha value is -0.0900. The van der Waals surface area contributed by atoms with E-state index in [-0.39, 0.29) is 11.6 Å². The number of hydrogen-bond acceptors (Lipinski definition) is 3. The summed E-state index contributed by atoms with van der Waals surface area (Å²) in [5, 5.41) is 0. The summed E-state index contributed by atoms with van der Waals surface area (Å²) >= 11 is 7.62. The van der Waals surface area contributed by atoms with Crippen molar-refractivity contribution in [3.63, 3.8) is 0 Å². The van der Waals surface area contributed by atoms with Crippen molar-refractivity contribution < 1.29 is 0 Å². The highest BCUT2D eigenvalue weighted by atomic mass is 35.5. The Morgan fingerprint density at radius 3 is 2.56 bits per heavy atom. The molecule has 1 aromatic heterocycles. The smallest absolute Gasteiger partial charge is 0.0931 e. The number of hydrogen-bond donors (Lipinski definition) is 1. The summed E-state index contributed by atoms with van der Waals surface area (Å²) in [7, 11) is 0. The van der Waals surface area contributed by atoms with Crippen LogP contribution in [0.1, 0.15) is 38.0 Å². The highest BCUT2D eigenvalue weighted by Crippen LogP contribution is 2.28. The van der Waals surface area contributed by atoms with Crippen LogP contribution in [0.4, 0.5) is 0 Å². The van der Waals surface area contributed by atoms with E-state index in [2.05, 4.69) is 24.8 Å². The minimum absolute atomic E-state index is 0.0664. The molecule has 1 aliphatic rings. The lowest BCUT2D eigenvalue weighted by Crippen LogP contribution is -2.58. The summed E-state index contributed by atoms with van der Waals surface area (Å²) in [4.78, 5) is 3.84. The Morgan fingerprint density at radius 1 is 1.33 bits per heavy atom. The number of likely N-dealkylation sites (tertiary alicyclic amines) is 1. The molecule has 0 amide bonds. The normalized spacial score (nSPS) is 20.0. The molecule has 0 saturated carbocycles. The second-order valence-electron chi connectivity index (χ2n) is 5.72. The lowest BCUT2D eigenvalue weighted by atomic mass is 9.88. The second-order valence-corrected chi connectivity index (χ2v) is 7.52. The van der Waals surface area contributed by atoms with Crippen LogP contribution < -0.4 is 5.73 Å². The third kappa shape index (κ3) is 3.27. The van der Waals surface area contributed by atoms with Crippen LogP contribution in [-0.4, -0.2) is 29.6 Å². The van der Waals surface area contributed by atoms with E-state index in [1.807, 2.05) is 6.07 Å². The molecule has 0 aliphatic carbocycles. The molecule has 0 radical (unpaired) electrons. The van der Waals surface area contributed by atoms with Crippen molar-refractivity contribution in [1.82, 2.24) is 4.90 Å². The second kappa shape index (κ2) is 5.91. The summed E-state index contributed by atoms with van der Waals surface area (Å²) in [5.74, 6) is 0. The van der Waals surface area contributed by atoms with Crippen molar-refractivity contribution in [2.24, 2.45) is 5.73 Å². The minimum atomic E-state index is 0.0664. The van der Waals surface area contributed by atoms with Crippen molar-refractivity contribution in [2.45, 2.75) is 51.1 Å². The molecule has 4 heteroatoms. The standard InChI is InChI=1S/C14H23ClN2S/c1-14(2,17-8-4-3-5-9-17)12(16)10-11-6-7-13(15)18-11/h6-7,12H,3-5,8-10,16H2,1-2H3. The zero-order valence-corrected chi connectivity index (χ0v) is 12.9. The lowest BCUT2D eigenvalue weighted by molar-refractivity contribution is 0.0733. The topological polar surface area (TPSA) is 29.3 Å². The molecule has 102 valence electrons. The highest BCUT2D eigenvalue weighted by Gasteiger charge is 2.33. The Kier molecular flexibility index (Phi) is 4.70. The maximum atomic E-state index is 6.45. The number of nitrogens with zero attached hydrogens (tertiary/aromatic N) is 1. The molecular weight excluding hydrogens is 264 g/mol. The van der Waals surface area contributed by atoms with Gasteiger partial charge >= 0.3 is 0 Å². The van der Waals surface area contributed by atoms with Crippen LogP contribution in [-0.2, 0) is 6.42 Å². The first-order valence-corrected chi connectivity index (χ1v) is 7.94. The van der Waals surface area contributed by atoms with Crippen molar-refractivity contribution in [1.29, 1.82) is 0 Å². The van der Waals surface area contributed by atoms with Gasteiger partial charge in [0.15, 0.2) is 0 Å². The third-order valence-electron chi connectivity index (χ3n) is 4.13.